The Balaban J connectivity index is 2.31. The summed E-state index contributed by atoms with van der Waals surface area (Å²) in [4.78, 5) is 40.1. The Labute approximate surface area is 175 Å². The van der Waals surface area contributed by atoms with Gasteiger partial charge < -0.3 is 20.0 Å². The summed E-state index contributed by atoms with van der Waals surface area (Å²) in [6, 6.07) is -0.856. The Morgan fingerprint density at radius 3 is 2.62 bits per heavy atom. The Kier molecular flexibility index (Phi) is 5.50. The zero-order valence-corrected chi connectivity index (χ0v) is 17.0. The molecule has 0 saturated carbocycles. The molecule has 1 aromatic heterocycles. The van der Waals surface area contributed by atoms with Crippen molar-refractivity contribution in [2.24, 2.45) is 0 Å². The Hall–Kier alpha value is -2.73. The van der Waals surface area contributed by atoms with Gasteiger partial charge in [-0.25, -0.2) is 19.0 Å². The molecule has 2 heterocycles. The molecule has 1 fully saturated rings. The molecule has 3 rings (SSSR count). The molecule has 13 heteroatoms. The topological polar surface area (TPSA) is 137 Å². The van der Waals surface area contributed by atoms with Crippen LogP contribution < -0.4 is 4.90 Å². The van der Waals surface area contributed by atoms with Gasteiger partial charge in [-0.2, -0.15) is 0 Å². The molecule has 1 amide bonds. The normalized spacial score (nSPS) is 19.4. The minimum atomic E-state index is -1.43. The van der Waals surface area contributed by atoms with E-state index in [9.17, 15) is 34.3 Å². The summed E-state index contributed by atoms with van der Waals surface area (Å²) in [5, 5.41) is 30.5. The molecule has 1 aromatic carbocycles. The highest BCUT2D eigenvalue weighted by molar-refractivity contribution is 9.10. The van der Waals surface area contributed by atoms with Crippen LogP contribution in [0.3, 0.4) is 0 Å². The standard InChI is InChI=1S/C16H13BrClFN4O6/c1-6-4-22(10(15(24)25)5-21(6)16(26)27)14-7-2-8(18)11(17)12(19)13(7)20-3-9(14)23(28)29/h2-3,6,10H,4-5H2,1H3,(H,24,25)(H,26,27)/t6-,10-/m1/s1. The lowest BCUT2D eigenvalue weighted by molar-refractivity contribution is -0.384. The van der Waals surface area contributed by atoms with Gasteiger partial charge in [0.15, 0.2) is 5.82 Å². The van der Waals surface area contributed by atoms with E-state index in [0.29, 0.717) is 0 Å². The van der Waals surface area contributed by atoms with E-state index in [1.54, 1.807) is 6.92 Å². The highest BCUT2D eigenvalue weighted by atomic mass is 79.9. The van der Waals surface area contributed by atoms with Gasteiger partial charge in [0.1, 0.15) is 23.4 Å². The molecule has 154 valence electrons. The molecule has 29 heavy (non-hydrogen) atoms. The van der Waals surface area contributed by atoms with Crippen LogP contribution in [-0.4, -0.2) is 62.3 Å². The largest absolute Gasteiger partial charge is 0.480 e. The van der Waals surface area contributed by atoms with Crippen LogP contribution in [0.5, 0.6) is 0 Å². The number of rotatable bonds is 3. The van der Waals surface area contributed by atoms with Crippen molar-refractivity contribution >= 4 is 61.9 Å². The quantitative estimate of drug-likeness (QED) is 0.379. The first kappa shape index (κ1) is 21.0. The summed E-state index contributed by atoms with van der Waals surface area (Å²) < 4.78 is 14.6. The summed E-state index contributed by atoms with van der Waals surface area (Å²) in [5.74, 6) is -2.24. The van der Waals surface area contributed by atoms with Gasteiger partial charge in [0.05, 0.1) is 21.0 Å². The van der Waals surface area contributed by atoms with Gasteiger partial charge in [-0.3, -0.25) is 10.1 Å². The van der Waals surface area contributed by atoms with Crippen molar-refractivity contribution in [2.45, 2.75) is 19.0 Å². The fraction of sp³-hybridized carbons (Fsp3) is 0.312. The number of aromatic nitrogens is 1. The molecule has 2 aromatic rings. The number of fused-ring (bicyclic) bond motifs is 1. The first-order chi connectivity index (χ1) is 13.5. The van der Waals surface area contributed by atoms with Crippen LogP contribution in [0.4, 0.5) is 20.6 Å². The molecular weight excluding hydrogens is 479 g/mol. The molecule has 1 aliphatic heterocycles. The van der Waals surface area contributed by atoms with Crippen molar-refractivity contribution < 1.29 is 29.1 Å². The number of hydrogen-bond donors (Lipinski definition) is 2. The van der Waals surface area contributed by atoms with Crippen molar-refractivity contribution in [3.63, 3.8) is 0 Å². The van der Waals surface area contributed by atoms with E-state index < -0.39 is 47.1 Å². The minimum absolute atomic E-state index is 0.0490. The number of pyridine rings is 1. The molecule has 0 bridgehead atoms. The number of benzene rings is 1. The number of carboxylic acids is 1. The Morgan fingerprint density at radius 2 is 2.07 bits per heavy atom. The predicted molar refractivity (Wildman–Crippen MR) is 104 cm³/mol. The zero-order valence-electron chi connectivity index (χ0n) is 14.7. The first-order valence-electron chi connectivity index (χ1n) is 8.14. The zero-order chi connectivity index (χ0) is 21.6. The second kappa shape index (κ2) is 7.59. The summed E-state index contributed by atoms with van der Waals surface area (Å²) in [6.07, 6.45) is -0.468. The maximum Gasteiger partial charge on any atom is 0.407 e. The average molecular weight is 492 g/mol. The lowest BCUT2D eigenvalue weighted by Gasteiger charge is -2.43. The second-order valence-electron chi connectivity index (χ2n) is 6.42. The van der Waals surface area contributed by atoms with Gasteiger partial charge in [-0.1, -0.05) is 11.6 Å². The lowest BCUT2D eigenvalue weighted by Crippen LogP contribution is -2.61. The van der Waals surface area contributed by atoms with Gasteiger partial charge in [0, 0.05) is 18.0 Å². The van der Waals surface area contributed by atoms with Crippen LogP contribution >= 0.6 is 27.5 Å². The van der Waals surface area contributed by atoms with E-state index in [1.165, 1.54) is 11.0 Å². The van der Waals surface area contributed by atoms with Gasteiger partial charge in [0.25, 0.3) is 0 Å². The number of nitro groups is 1. The molecule has 10 nitrogen and oxygen atoms in total. The summed E-state index contributed by atoms with van der Waals surface area (Å²) in [7, 11) is 0. The summed E-state index contributed by atoms with van der Waals surface area (Å²) in [6.45, 7) is 0.941. The van der Waals surface area contributed by atoms with Crippen molar-refractivity contribution in [3.05, 3.63) is 37.7 Å². The lowest BCUT2D eigenvalue weighted by atomic mass is 10.0. The molecule has 0 aliphatic carbocycles. The molecule has 2 N–H and O–H groups in total. The maximum atomic E-state index is 14.7. The van der Waals surface area contributed by atoms with E-state index >= 15 is 0 Å². The number of nitrogens with zero attached hydrogens (tertiary/aromatic N) is 4. The van der Waals surface area contributed by atoms with Gasteiger partial charge >= 0.3 is 17.7 Å². The molecule has 0 spiro atoms. The molecule has 0 radical (unpaired) electrons. The van der Waals surface area contributed by atoms with Crippen molar-refractivity contribution in [1.82, 2.24) is 9.88 Å². The van der Waals surface area contributed by atoms with Crippen LogP contribution in [0.25, 0.3) is 10.9 Å². The minimum Gasteiger partial charge on any atom is -0.480 e. The first-order valence-corrected chi connectivity index (χ1v) is 9.31. The number of aliphatic carboxylic acids is 1. The number of halogens is 3. The second-order valence-corrected chi connectivity index (χ2v) is 7.62. The predicted octanol–water partition coefficient (Wildman–Crippen LogP) is 3.34. The van der Waals surface area contributed by atoms with Crippen LogP contribution in [0.2, 0.25) is 5.02 Å². The highest BCUT2D eigenvalue weighted by Gasteiger charge is 2.41. The third-order valence-corrected chi connectivity index (χ3v) is 6.01. The highest BCUT2D eigenvalue weighted by Crippen LogP contribution is 2.41. The monoisotopic (exact) mass is 490 g/mol. The van der Waals surface area contributed by atoms with Crippen LogP contribution in [0.15, 0.2) is 16.7 Å². The van der Waals surface area contributed by atoms with Crippen LogP contribution in [0.1, 0.15) is 6.92 Å². The van der Waals surface area contributed by atoms with E-state index in [2.05, 4.69) is 20.9 Å². The van der Waals surface area contributed by atoms with E-state index in [4.69, 9.17) is 11.6 Å². The van der Waals surface area contributed by atoms with Crippen molar-refractivity contribution in [1.29, 1.82) is 0 Å². The van der Waals surface area contributed by atoms with Crippen molar-refractivity contribution in [2.75, 3.05) is 18.0 Å². The number of carboxylic acid groups (broad SMARTS) is 2. The molecular formula is C16H13BrClFN4O6. The third-order valence-electron chi connectivity index (χ3n) is 4.70. The van der Waals surface area contributed by atoms with Gasteiger partial charge in [0.2, 0.25) is 0 Å². The van der Waals surface area contributed by atoms with E-state index in [1.807, 2.05) is 0 Å². The Bertz CT molecular complexity index is 1050. The summed E-state index contributed by atoms with van der Waals surface area (Å²) in [5.41, 5.74) is -0.963. The average Bonchev–Trinajstić information content (AvgIpc) is 2.64. The third kappa shape index (κ3) is 3.53. The number of piperazine rings is 1. The molecule has 1 aliphatic rings. The Morgan fingerprint density at radius 1 is 1.41 bits per heavy atom. The smallest absolute Gasteiger partial charge is 0.407 e. The van der Waals surface area contributed by atoms with Crippen LogP contribution in [-0.2, 0) is 4.79 Å². The van der Waals surface area contributed by atoms with Gasteiger partial charge in [-0.15, -0.1) is 0 Å². The number of hydrogen-bond acceptors (Lipinski definition) is 6. The number of amides is 1. The van der Waals surface area contributed by atoms with E-state index in [-0.39, 0.29) is 32.6 Å². The SMILES string of the molecule is C[C@@H]1CN(c2c([N+](=O)[O-])cnc3c(F)c(Br)c(Cl)cc23)[C@@H](C(=O)O)CN1C(=O)O. The van der Waals surface area contributed by atoms with E-state index in [0.717, 1.165) is 11.1 Å². The number of anilines is 1. The fourth-order valence-electron chi connectivity index (χ4n) is 3.35. The summed E-state index contributed by atoms with van der Waals surface area (Å²) >= 11 is 9.00. The fourth-order valence-corrected chi connectivity index (χ4v) is 3.85. The number of carbonyl (C=O) groups is 2. The molecule has 2 atom stereocenters. The molecule has 0 unspecified atom stereocenters. The van der Waals surface area contributed by atoms with Gasteiger partial charge in [-0.05, 0) is 28.9 Å². The van der Waals surface area contributed by atoms with Crippen LogP contribution in [0, 0.1) is 15.9 Å². The maximum absolute atomic E-state index is 14.7. The molecule has 1 saturated heterocycles. The van der Waals surface area contributed by atoms with Crippen molar-refractivity contribution in [3.8, 4) is 0 Å².